The lowest BCUT2D eigenvalue weighted by Gasteiger charge is -2.06. The lowest BCUT2D eigenvalue weighted by atomic mass is 9.98. The summed E-state index contributed by atoms with van der Waals surface area (Å²) in [5.41, 5.74) is 1.16. The maximum atomic E-state index is 13.2. The third-order valence-electron chi connectivity index (χ3n) is 4.91. The van der Waals surface area contributed by atoms with E-state index in [2.05, 4.69) is 0 Å². The van der Waals surface area contributed by atoms with Gasteiger partial charge in [-0.1, -0.05) is 26.7 Å². The van der Waals surface area contributed by atoms with Crippen molar-refractivity contribution >= 4 is 22.7 Å². The molecular weight excluding hydrogens is 384 g/mol. The summed E-state index contributed by atoms with van der Waals surface area (Å²) in [5.74, 6) is -0.296. The fourth-order valence-corrected chi connectivity index (χ4v) is 3.26. The molecule has 0 aliphatic heterocycles. The first-order chi connectivity index (χ1) is 14.4. The standard InChI is InChI=1S/C24H26O6/c1-3-5-7-19-23(24(28)15-9-11-16(25)12-10-15)17-13-18(26)21(14-20(17)29-19)30-22(27)8-6-4-2/h9-14,25-26H,3-8H2,1-2H3. The number of ether oxygens (including phenoxy) is 1. The first-order valence-electron chi connectivity index (χ1n) is 10.3. The van der Waals surface area contributed by atoms with Crippen LogP contribution >= 0.6 is 0 Å². The second-order valence-electron chi connectivity index (χ2n) is 7.27. The molecule has 2 aromatic carbocycles. The number of hydrogen-bond donors (Lipinski definition) is 2. The molecule has 1 heterocycles. The summed E-state index contributed by atoms with van der Waals surface area (Å²) in [6.45, 7) is 4.02. The Labute approximate surface area is 175 Å². The summed E-state index contributed by atoms with van der Waals surface area (Å²) in [4.78, 5) is 25.2. The van der Waals surface area contributed by atoms with Gasteiger partial charge in [-0.2, -0.15) is 0 Å². The van der Waals surface area contributed by atoms with Crippen LogP contribution in [0.15, 0.2) is 40.8 Å². The monoisotopic (exact) mass is 410 g/mol. The van der Waals surface area contributed by atoms with Crippen LogP contribution in [0.2, 0.25) is 0 Å². The molecule has 0 saturated heterocycles. The van der Waals surface area contributed by atoms with Crippen molar-refractivity contribution in [3.05, 3.63) is 53.3 Å². The number of aromatic hydroxyl groups is 2. The zero-order valence-corrected chi connectivity index (χ0v) is 17.2. The Morgan fingerprint density at radius 1 is 1.00 bits per heavy atom. The highest BCUT2D eigenvalue weighted by Gasteiger charge is 2.24. The van der Waals surface area contributed by atoms with E-state index in [4.69, 9.17) is 9.15 Å². The molecule has 30 heavy (non-hydrogen) atoms. The summed E-state index contributed by atoms with van der Waals surface area (Å²) in [7, 11) is 0. The summed E-state index contributed by atoms with van der Waals surface area (Å²) in [6.07, 6.45) is 4.15. The maximum absolute atomic E-state index is 13.2. The van der Waals surface area contributed by atoms with Crippen LogP contribution in [0.3, 0.4) is 0 Å². The number of unbranched alkanes of at least 4 members (excludes halogenated alkanes) is 2. The number of esters is 1. The van der Waals surface area contributed by atoms with Crippen LogP contribution in [0.25, 0.3) is 11.0 Å². The van der Waals surface area contributed by atoms with E-state index >= 15 is 0 Å². The summed E-state index contributed by atoms with van der Waals surface area (Å²) in [6, 6.07) is 8.86. The highest BCUT2D eigenvalue weighted by atomic mass is 16.5. The van der Waals surface area contributed by atoms with E-state index in [0.717, 1.165) is 19.3 Å². The normalized spacial score (nSPS) is 11.0. The SMILES string of the molecule is CCCCC(=O)Oc1cc2oc(CCCC)c(C(=O)c3ccc(O)cc3)c2cc1O. The molecule has 2 N–H and O–H groups in total. The Morgan fingerprint density at radius 2 is 1.70 bits per heavy atom. The fraction of sp³-hybridized carbons (Fsp3) is 0.333. The van der Waals surface area contributed by atoms with Gasteiger partial charge in [0.25, 0.3) is 0 Å². The van der Waals surface area contributed by atoms with Gasteiger partial charge in [0, 0.05) is 29.9 Å². The zero-order chi connectivity index (χ0) is 21.7. The number of fused-ring (bicyclic) bond motifs is 1. The van der Waals surface area contributed by atoms with Crippen LogP contribution in [0.5, 0.6) is 17.2 Å². The molecule has 3 rings (SSSR count). The number of aryl methyl sites for hydroxylation is 1. The quantitative estimate of drug-likeness (QED) is 0.274. The van der Waals surface area contributed by atoms with Crippen molar-refractivity contribution in [3.63, 3.8) is 0 Å². The highest BCUT2D eigenvalue weighted by Crippen LogP contribution is 2.37. The van der Waals surface area contributed by atoms with Crippen molar-refractivity contribution in [2.75, 3.05) is 0 Å². The number of ketones is 1. The lowest BCUT2D eigenvalue weighted by Crippen LogP contribution is -2.07. The molecule has 158 valence electrons. The maximum Gasteiger partial charge on any atom is 0.311 e. The number of furan rings is 1. The molecule has 0 fully saturated rings. The Bertz CT molecular complexity index is 1050. The van der Waals surface area contributed by atoms with Gasteiger partial charge in [0.05, 0.1) is 5.56 Å². The summed E-state index contributed by atoms with van der Waals surface area (Å²) in [5, 5.41) is 20.4. The molecule has 0 bridgehead atoms. The van der Waals surface area contributed by atoms with Gasteiger partial charge < -0.3 is 19.4 Å². The first kappa shape index (κ1) is 21.4. The van der Waals surface area contributed by atoms with Crippen molar-refractivity contribution < 1.29 is 29.0 Å². The molecule has 0 unspecified atom stereocenters. The minimum atomic E-state index is -0.426. The number of hydrogen-bond acceptors (Lipinski definition) is 6. The third kappa shape index (κ3) is 4.64. The minimum Gasteiger partial charge on any atom is -0.508 e. The van der Waals surface area contributed by atoms with E-state index in [9.17, 15) is 19.8 Å². The van der Waals surface area contributed by atoms with Crippen LogP contribution in [0, 0.1) is 0 Å². The molecule has 6 nitrogen and oxygen atoms in total. The van der Waals surface area contributed by atoms with Gasteiger partial charge in [0.2, 0.25) is 0 Å². The molecule has 0 radical (unpaired) electrons. The molecule has 0 saturated carbocycles. The molecule has 1 aromatic heterocycles. The second-order valence-corrected chi connectivity index (χ2v) is 7.27. The average Bonchev–Trinajstić information content (AvgIpc) is 3.07. The lowest BCUT2D eigenvalue weighted by molar-refractivity contribution is -0.134. The van der Waals surface area contributed by atoms with E-state index in [1.165, 1.54) is 24.3 Å². The van der Waals surface area contributed by atoms with Crippen LogP contribution in [0.4, 0.5) is 0 Å². The predicted molar refractivity (Wildman–Crippen MR) is 113 cm³/mol. The van der Waals surface area contributed by atoms with Crippen LogP contribution in [0.1, 0.15) is 67.6 Å². The van der Waals surface area contributed by atoms with Gasteiger partial charge in [0.15, 0.2) is 17.3 Å². The topological polar surface area (TPSA) is 97.0 Å². The van der Waals surface area contributed by atoms with Crippen LogP contribution in [-0.4, -0.2) is 22.0 Å². The van der Waals surface area contributed by atoms with Gasteiger partial charge in [-0.25, -0.2) is 0 Å². The fourth-order valence-electron chi connectivity index (χ4n) is 3.26. The average molecular weight is 410 g/mol. The van der Waals surface area contributed by atoms with E-state index in [1.54, 1.807) is 12.1 Å². The van der Waals surface area contributed by atoms with Crippen LogP contribution in [-0.2, 0) is 11.2 Å². The smallest absolute Gasteiger partial charge is 0.311 e. The first-order valence-corrected chi connectivity index (χ1v) is 10.3. The Hall–Kier alpha value is -3.28. The molecule has 0 aliphatic carbocycles. The number of carbonyl (C=O) groups excluding carboxylic acids is 2. The van der Waals surface area contributed by atoms with Crippen molar-refractivity contribution in [3.8, 4) is 17.2 Å². The van der Waals surface area contributed by atoms with Gasteiger partial charge in [0.1, 0.15) is 17.1 Å². The number of phenolic OH excluding ortho intramolecular Hbond substituents is 2. The number of benzene rings is 2. The molecule has 0 atom stereocenters. The predicted octanol–water partition coefficient (Wildman–Crippen LogP) is 5.51. The van der Waals surface area contributed by atoms with Gasteiger partial charge in [-0.3, -0.25) is 9.59 Å². The molecule has 0 aliphatic rings. The van der Waals surface area contributed by atoms with E-state index in [0.29, 0.717) is 40.7 Å². The molecular formula is C24H26O6. The Kier molecular flexibility index (Phi) is 6.77. The van der Waals surface area contributed by atoms with Crippen molar-refractivity contribution in [1.29, 1.82) is 0 Å². The van der Waals surface area contributed by atoms with Gasteiger partial charge >= 0.3 is 5.97 Å². The summed E-state index contributed by atoms with van der Waals surface area (Å²) >= 11 is 0. The number of carbonyl (C=O) groups is 2. The van der Waals surface area contributed by atoms with Crippen molar-refractivity contribution in [2.45, 2.75) is 52.4 Å². The van der Waals surface area contributed by atoms with E-state index in [-0.39, 0.29) is 29.5 Å². The highest BCUT2D eigenvalue weighted by molar-refractivity contribution is 6.17. The van der Waals surface area contributed by atoms with Crippen molar-refractivity contribution in [2.24, 2.45) is 0 Å². The molecule has 6 heteroatoms. The number of phenols is 2. The third-order valence-corrected chi connectivity index (χ3v) is 4.91. The van der Waals surface area contributed by atoms with Crippen LogP contribution < -0.4 is 4.74 Å². The van der Waals surface area contributed by atoms with Gasteiger partial charge in [-0.05, 0) is 43.2 Å². The van der Waals surface area contributed by atoms with E-state index < -0.39 is 5.97 Å². The Balaban J connectivity index is 2.04. The molecule has 0 spiro atoms. The largest absolute Gasteiger partial charge is 0.508 e. The van der Waals surface area contributed by atoms with E-state index in [1.807, 2.05) is 13.8 Å². The van der Waals surface area contributed by atoms with Crippen molar-refractivity contribution in [1.82, 2.24) is 0 Å². The Morgan fingerprint density at radius 3 is 2.37 bits per heavy atom. The molecule has 3 aromatic rings. The van der Waals surface area contributed by atoms with Gasteiger partial charge in [-0.15, -0.1) is 0 Å². The number of rotatable bonds is 9. The minimum absolute atomic E-state index is 0.0167. The zero-order valence-electron chi connectivity index (χ0n) is 17.2. The molecule has 0 amide bonds. The second kappa shape index (κ2) is 9.48. The summed E-state index contributed by atoms with van der Waals surface area (Å²) < 4.78 is 11.2.